The van der Waals surface area contributed by atoms with E-state index in [-0.39, 0.29) is 11.1 Å². The van der Waals surface area contributed by atoms with E-state index in [2.05, 4.69) is 23.7 Å². The number of fused-ring (bicyclic) bond motifs is 1. The van der Waals surface area contributed by atoms with Crippen LogP contribution in [0.3, 0.4) is 0 Å². The first-order valence-corrected chi connectivity index (χ1v) is 6.96. The highest BCUT2D eigenvalue weighted by Crippen LogP contribution is 2.30. The number of rotatable bonds is 4. The van der Waals surface area contributed by atoms with Gasteiger partial charge in [0, 0.05) is 12.6 Å². The molecule has 20 heavy (non-hydrogen) atoms. The van der Waals surface area contributed by atoms with Crippen LogP contribution in [-0.4, -0.2) is 35.1 Å². The average Bonchev–Trinajstić information content (AvgIpc) is 2.62. The maximum atomic E-state index is 13.5. The van der Waals surface area contributed by atoms with Gasteiger partial charge >= 0.3 is 0 Å². The van der Waals surface area contributed by atoms with E-state index < -0.39 is 5.82 Å². The standard InChI is InChI=1S/C14H20ClFN4/c1-8(2)13(7-19(3)4)20-12-5-9(15)10(16)6-11(12)18-14(20)17/h5-6,8,13H,7H2,1-4H3,(H2,17,18). The Morgan fingerprint density at radius 1 is 1.40 bits per heavy atom. The lowest BCUT2D eigenvalue weighted by molar-refractivity contribution is 0.275. The highest BCUT2D eigenvalue weighted by molar-refractivity contribution is 6.31. The van der Waals surface area contributed by atoms with Crippen molar-refractivity contribution < 1.29 is 4.39 Å². The molecule has 0 bridgehead atoms. The van der Waals surface area contributed by atoms with E-state index in [1.54, 1.807) is 6.07 Å². The van der Waals surface area contributed by atoms with Crippen molar-refractivity contribution in [2.24, 2.45) is 5.92 Å². The van der Waals surface area contributed by atoms with Crippen molar-refractivity contribution >= 4 is 28.6 Å². The molecule has 110 valence electrons. The van der Waals surface area contributed by atoms with Crippen molar-refractivity contribution in [1.82, 2.24) is 14.5 Å². The van der Waals surface area contributed by atoms with Gasteiger partial charge in [-0.05, 0) is 26.1 Å². The second-order valence-corrected chi connectivity index (χ2v) is 6.08. The zero-order chi connectivity index (χ0) is 15.0. The summed E-state index contributed by atoms with van der Waals surface area (Å²) in [6.45, 7) is 5.08. The highest BCUT2D eigenvalue weighted by atomic mass is 35.5. The topological polar surface area (TPSA) is 47.1 Å². The number of likely N-dealkylation sites (N-methyl/N-ethyl adjacent to an activating group) is 1. The van der Waals surface area contributed by atoms with Gasteiger partial charge in [0.1, 0.15) is 5.82 Å². The van der Waals surface area contributed by atoms with Crippen molar-refractivity contribution in [3.8, 4) is 0 Å². The van der Waals surface area contributed by atoms with Gasteiger partial charge in [0.2, 0.25) is 5.95 Å². The summed E-state index contributed by atoms with van der Waals surface area (Å²) in [6.07, 6.45) is 0. The normalized spacial score (nSPS) is 13.6. The Hall–Kier alpha value is -1.33. The number of nitrogen functional groups attached to an aromatic ring is 1. The molecule has 1 aromatic heterocycles. The van der Waals surface area contributed by atoms with Gasteiger partial charge in [0.25, 0.3) is 0 Å². The Kier molecular flexibility index (Phi) is 4.20. The van der Waals surface area contributed by atoms with Crippen LogP contribution < -0.4 is 5.73 Å². The van der Waals surface area contributed by atoms with Gasteiger partial charge in [-0.15, -0.1) is 0 Å². The molecule has 6 heteroatoms. The maximum absolute atomic E-state index is 13.5. The molecule has 0 aliphatic rings. The number of imidazole rings is 1. The molecule has 0 saturated heterocycles. The molecule has 2 aromatic rings. The third kappa shape index (κ3) is 2.74. The molecule has 1 unspecified atom stereocenters. The minimum absolute atomic E-state index is 0.0889. The maximum Gasteiger partial charge on any atom is 0.201 e. The molecule has 0 aliphatic carbocycles. The van der Waals surface area contributed by atoms with Crippen LogP contribution in [0.15, 0.2) is 12.1 Å². The van der Waals surface area contributed by atoms with Crippen molar-refractivity contribution in [2.75, 3.05) is 26.4 Å². The molecule has 2 rings (SSSR count). The van der Waals surface area contributed by atoms with Gasteiger partial charge in [-0.3, -0.25) is 0 Å². The molecule has 0 fully saturated rings. The first kappa shape index (κ1) is 15.1. The van der Waals surface area contributed by atoms with E-state index in [4.69, 9.17) is 17.3 Å². The molecular formula is C14H20ClFN4. The van der Waals surface area contributed by atoms with Crippen LogP contribution in [0.5, 0.6) is 0 Å². The fourth-order valence-corrected chi connectivity index (χ4v) is 2.58. The van der Waals surface area contributed by atoms with E-state index in [0.717, 1.165) is 12.1 Å². The van der Waals surface area contributed by atoms with Crippen molar-refractivity contribution in [1.29, 1.82) is 0 Å². The summed E-state index contributed by atoms with van der Waals surface area (Å²) in [4.78, 5) is 6.35. The lowest BCUT2D eigenvalue weighted by atomic mass is 10.0. The molecule has 0 radical (unpaired) electrons. The molecule has 0 saturated carbocycles. The number of nitrogens with two attached hydrogens (primary N) is 1. The van der Waals surface area contributed by atoms with Crippen LogP contribution in [0.25, 0.3) is 11.0 Å². The van der Waals surface area contributed by atoms with E-state index in [1.807, 2.05) is 18.7 Å². The zero-order valence-corrected chi connectivity index (χ0v) is 12.9. The second kappa shape index (κ2) is 5.58. The van der Waals surface area contributed by atoms with Crippen molar-refractivity contribution in [3.05, 3.63) is 23.0 Å². The van der Waals surface area contributed by atoms with Gasteiger partial charge < -0.3 is 15.2 Å². The summed E-state index contributed by atoms with van der Waals surface area (Å²) in [7, 11) is 4.02. The smallest absolute Gasteiger partial charge is 0.201 e. The van der Waals surface area contributed by atoms with Crippen LogP contribution in [-0.2, 0) is 0 Å². The highest BCUT2D eigenvalue weighted by Gasteiger charge is 2.22. The number of hydrogen-bond acceptors (Lipinski definition) is 3. The number of nitrogens with zero attached hydrogens (tertiary/aromatic N) is 3. The van der Waals surface area contributed by atoms with Crippen LogP contribution in [0, 0.1) is 11.7 Å². The van der Waals surface area contributed by atoms with Gasteiger partial charge in [0.05, 0.1) is 22.1 Å². The van der Waals surface area contributed by atoms with Gasteiger partial charge in [-0.25, -0.2) is 9.37 Å². The third-order valence-electron chi connectivity index (χ3n) is 3.41. The fraction of sp³-hybridized carbons (Fsp3) is 0.500. The molecule has 0 aliphatic heterocycles. The predicted octanol–water partition coefficient (Wildman–Crippen LogP) is 3.17. The number of aromatic nitrogens is 2. The van der Waals surface area contributed by atoms with Crippen molar-refractivity contribution in [3.63, 3.8) is 0 Å². The predicted molar refractivity (Wildman–Crippen MR) is 81.5 cm³/mol. The minimum Gasteiger partial charge on any atom is -0.369 e. The van der Waals surface area contributed by atoms with Crippen LogP contribution in [0.1, 0.15) is 19.9 Å². The van der Waals surface area contributed by atoms with Crippen LogP contribution in [0.4, 0.5) is 10.3 Å². The average molecular weight is 299 g/mol. The first-order valence-electron chi connectivity index (χ1n) is 6.58. The summed E-state index contributed by atoms with van der Waals surface area (Å²) in [6, 6.07) is 3.08. The Balaban J connectivity index is 2.62. The SMILES string of the molecule is CC(C)C(CN(C)C)n1c(N)nc2cc(F)c(Cl)cc21. The van der Waals surface area contributed by atoms with Crippen LogP contribution in [0.2, 0.25) is 5.02 Å². The second-order valence-electron chi connectivity index (χ2n) is 5.67. The van der Waals surface area contributed by atoms with Crippen molar-refractivity contribution in [2.45, 2.75) is 19.9 Å². The Labute approximate surface area is 123 Å². The number of anilines is 1. The first-order chi connectivity index (χ1) is 9.31. The summed E-state index contributed by atoms with van der Waals surface area (Å²) in [5, 5.41) is 0.0889. The number of benzene rings is 1. The quantitative estimate of drug-likeness (QED) is 0.943. The number of hydrogen-bond donors (Lipinski definition) is 1. The molecule has 2 N–H and O–H groups in total. The third-order valence-corrected chi connectivity index (χ3v) is 3.70. The van der Waals surface area contributed by atoms with E-state index >= 15 is 0 Å². The molecule has 1 heterocycles. The Bertz CT molecular complexity index is 621. The van der Waals surface area contributed by atoms with E-state index in [9.17, 15) is 4.39 Å². The van der Waals surface area contributed by atoms with Gasteiger partial charge in [-0.1, -0.05) is 25.4 Å². The Morgan fingerprint density at radius 2 is 2.05 bits per heavy atom. The molecule has 4 nitrogen and oxygen atoms in total. The lowest BCUT2D eigenvalue weighted by Gasteiger charge is -2.27. The summed E-state index contributed by atoms with van der Waals surface area (Å²) in [5.74, 6) is 0.278. The molecule has 1 aromatic carbocycles. The molecular weight excluding hydrogens is 279 g/mol. The van der Waals surface area contributed by atoms with E-state index in [0.29, 0.717) is 17.4 Å². The van der Waals surface area contributed by atoms with Gasteiger partial charge in [-0.2, -0.15) is 0 Å². The fourth-order valence-electron chi connectivity index (χ4n) is 2.42. The zero-order valence-electron chi connectivity index (χ0n) is 12.2. The monoisotopic (exact) mass is 298 g/mol. The summed E-state index contributed by atoms with van der Waals surface area (Å²) < 4.78 is 15.5. The number of halogens is 2. The molecule has 1 atom stereocenters. The van der Waals surface area contributed by atoms with Crippen LogP contribution >= 0.6 is 11.6 Å². The van der Waals surface area contributed by atoms with E-state index in [1.165, 1.54) is 6.07 Å². The lowest BCUT2D eigenvalue weighted by Crippen LogP contribution is -2.28. The molecule has 0 amide bonds. The minimum atomic E-state index is -0.475. The summed E-state index contributed by atoms with van der Waals surface area (Å²) in [5.41, 5.74) is 7.34. The largest absolute Gasteiger partial charge is 0.369 e. The Morgan fingerprint density at radius 3 is 2.60 bits per heavy atom. The summed E-state index contributed by atoms with van der Waals surface area (Å²) >= 11 is 5.89. The molecule has 0 spiro atoms. The van der Waals surface area contributed by atoms with Gasteiger partial charge in [0.15, 0.2) is 0 Å².